The molecule has 2 aromatic heterocycles. The first-order valence-corrected chi connectivity index (χ1v) is 7.10. The molecule has 0 bridgehead atoms. The van der Waals surface area contributed by atoms with Crippen molar-refractivity contribution in [3.05, 3.63) is 59.2 Å². The second-order valence-corrected chi connectivity index (χ2v) is 5.38. The van der Waals surface area contributed by atoms with E-state index >= 15 is 0 Å². The fraction of sp³-hybridized carbons (Fsp3) is 0.0667. The van der Waals surface area contributed by atoms with Crippen LogP contribution in [0.2, 0.25) is 0 Å². The van der Waals surface area contributed by atoms with Crippen LogP contribution in [0, 0.1) is 0 Å². The molecule has 3 rings (SSSR count). The van der Waals surface area contributed by atoms with Crippen molar-refractivity contribution in [1.82, 2.24) is 9.97 Å². The number of imidazole rings is 1. The van der Waals surface area contributed by atoms with Crippen molar-refractivity contribution in [2.24, 2.45) is 0 Å². The number of carbonyl (C=O) groups is 1. The highest BCUT2D eigenvalue weighted by atomic mass is 32.1. The minimum Gasteiger partial charge on any atom is -0.345 e. The lowest BCUT2D eigenvalue weighted by atomic mass is 10.1. The van der Waals surface area contributed by atoms with E-state index < -0.39 is 0 Å². The van der Waals surface area contributed by atoms with Gasteiger partial charge in [-0.15, -0.1) is 11.3 Å². The van der Waals surface area contributed by atoms with E-state index in [0.717, 1.165) is 21.8 Å². The minimum atomic E-state index is -0.00536. The summed E-state index contributed by atoms with van der Waals surface area (Å²) in [6, 6.07) is 11.6. The van der Waals surface area contributed by atoms with E-state index in [1.54, 1.807) is 23.9 Å². The van der Waals surface area contributed by atoms with Crippen molar-refractivity contribution < 1.29 is 4.79 Å². The van der Waals surface area contributed by atoms with Crippen LogP contribution in [0.25, 0.3) is 11.3 Å². The Morgan fingerprint density at radius 2 is 2.25 bits per heavy atom. The summed E-state index contributed by atoms with van der Waals surface area (Å²) in [5.74, 6) is -0.00536. The van der Waals surface area contributed by atoms with Gasteiger partial charge in [-0.3, -0.25) is 4.79 Å². The van der Waals surface area contributed by atoms with Gasteiger partial charge >= 0.3 is 0 Å². The lowest BCUT2D eigenvalue weighted by Crippen LogP contribution is -2.13. The molecule has 0 radical (unpaired) electrons. The Morgan fingerprint density at radius 1 is 1.30 bits per heavy atom. The maximum absolute atomic E-state index is 12.0. The van der Waals surface area contributed by atoms with Crippen LogP contribution in [0.1, 0.15) is 4.88 Å². The Balaban J connectivity index is 1.71. The Kier molecular flexibility index (Phi) is 3.60. The molecule has 0 aliphatic rings. The molecule has 2 heterocycles. The third-order valence-corrected chi connectivity index (χ3v) is 3.75. The SMILES string of the molecule is O=C(Cc1cccs1)Nc1cccc(-c2cnc[nH]2)c1. The fourth-order valence-corrected chi connectivity index (χ4v) is 2.66. The number of rotatable bonds is 4. The van der Waals surface area contributed by atoms with Crippen LogP contribution in [-0.2, 0) is 11.2 Å². The first kappa shape index (κ1) is 12.6. The standard InChI is InChI=1S/C15H13N3OS/c19-15(8-13-5-2-6-20-13)18-12-4-1-3-11(7-12)14-9-16-10-17-14/h1-7,9-10H,8H2,(H,16,17)(H,18,19). The van der Waals surface area contributed by atoms with E-state index in [1.807, 2.05) is 41.8 Å². The number of thiophene rings is 1. The van der Waals surface area contributed by atoms with E-state index in [4.69, 9.17) is 0 Å². The summed E-state index contributed by atoms with van der Waals surface area (Å²) < 4.78 is 0. The van der Waals surface area contributed by atoms with Gasteiger partial charge in [-0.05, 0) is 23.6 Å². The zero-order chi connectivity index (χ0) is 13.8. The van der Waals surface area contributed by atoms with E-state index in [2.05, 4.69) is 15.3 Å². The first-order valence-electron chi connectivity index (χ1n) is 6.22. The van der Waals surface area contributed by atoms with Crippen LogP contribution >= 0.6 is 11.3 Å². The number of hydrogen-bond acceptors (Lipinski definition) is 3. The molecule has 0 saturated heterocycles. The summed E-state index contributed by atoms with van der Waals surface area (Å²) in [7, 11) is 0. The number of carbonyl (C=O) groups excluding carboxylic acids is 1. The molecule has 0 unspecified atom stereocenters. The molecule has 100 valence electrons. The average molecular weight is 283 g/mol. The van der Waals surface area contributed by atoms with Crippen LogP contribution in [0.5, 0.6) is 0 Å². The van der Waals surface area contributed by atoms with Gasteiger partial charge in [0.25, 0.3) is 0 Å². The van der Waals surface area contributed by atoms with Gasteiger partial charge in [-0.1, -0.05) is 18.2 Å². The molecule has 0 aliphatic heterocycles. The summed E-state index contributed by atoms with van der Waals surface area (Å²) in [4.78, 5) is 20.1. The average Bonchev–Trinajstić information content (AvgIpc) is 3.11. The summed E-state index contributed by atoms with van der Waals surface area (Å²) in [6.07, 6.45) is 3.80. The second-order valence-electron chi connectivity index (χ2n) is 4.35. The third kappa shape index (κ3) is 2.95. The van der Waals surface area contributed by atoms with Crippen molar-refractivity contribution in [2.75, 3.05) is 5.32 Å². The normalized spacial score (nSPS) is 10.4. The Hall–Kier alpha value is -2.40. The molecule has 1 amide bonds. The summed E-state index contributed by atoms with van der Waals surface area (Å²) >= 11 is 1.59. The van der Waals surface area contributed by atoms with Crippen LogP contribution in [0.15, 0.2) is 54.3 Å². The maximum atomic E-state index is 12.0. The number of nitrogens with zero attached hydrogens (tertiary/aromatic N) is 1. The summed E-state index contributed by atoms with van der Waals surface area (Å²) in [5.41, 5.74) is 2.72. The number of benzene rings is 1. The lowest BCUT2D eigenvalue weighted by Gasteiger charge is -2.06. The number of anilines is 1. The van der Waals surface area contributed by atoms with Gasteiger partial charge in [0.1, 0.15) is 0 Å². The molecular weight excluding hydrogens is 270 g/mol. The van der Waals surface area contributed by atoms with Gasteiger partial charge < -0.3 is 10.3 Å². The zero-order valence-corrected chi connectivity index (χ0v) is 11.5. The molecule has 0 saturated carbocycles. The predicted molar refractivity (Wildman–Crippen MR) is 80.7 cm³/mol. The number of amides is 1. The van der Waals surface area contributed by atoms with Gasteiger partial charge in [0.15, 0.2) is 0 Å². The number of aromatic nitrogens is 2. The van der Waals surface area contributed by atoms with Crippen LogP contribution in [-0.4, -0.2) is 15.9 Å². The van der Waals surface area contributed by atoms with E-state index in [0.29, 0.717) is 6.42 Å². The molecule has 1 aromatic carbocycles. The van der Waals surface area contributed by atoms with Crippen LogP contribution < -0.4 is 5.32 Å². The quantitative estimate of drug-likeness (QED) is 0.771. The van der Waals surface area contributed by atoms with Crippen molar-refractivity contribution in [3.63, 3.8) is 0 Å². The first-order chi connectivity index (χ1) is 9.81. The molecule has 20 heavy (non-hydrogen) atoms. The van der Waals surface area contributed by atoms with Gasteiger partial charge in [0.2, 0.25) is 5.91 Å². The number of H-pyrrole nitrogens is 1. The lowest BCUT2D eigenvalue weighted by molar-refractivity contribution is -0.115. The number of hydrogen-bond donors (Lipinski definition) is 2. The Bertz CT molecular complexity index is 690. The van der Waals surface area contributed by atoms with Gasteiger partial charge in [-0.2, -0.15) is 0 Å². The fourth-order valence-electron chi connectivity index (χ4n) is 1.95. The van der Waals surface area contributed by atoms with Crippen LogP contribution in [0.3, 0.4) is 0 Å². The molecule has 2 N–H and O–H groups in total. The highest BCUT2D eigenvalue weighted by molar-refractivity contribution is 7.10. The summed E-state index contributed by atoms with van der Waals surface area (Å²) in [5, 5.41) is 4.89. The van der Waals surface area contributed by atoms with E-state index in [9.17, 15) is 4.79 Å². The van der Waals surface area contributed by atoms with Crippen molar-refractivity contribution in [1.29, 1.82) is 0 Å². The molecule has 0 aliphatic carbocycles. The van der Waals surface area contributed by atoms with Crippen molar-refractivity contribution in [2.45, 2.75) is 6.42 Å². The Morgan fingerprint density at radius 3 is 3.00 bits per heavy atom. The molecule has 0 atom stereocenters. The smallest absolute Gasteiger partial charge is 0.229 e. The molecular formula is C15H13N3OS. The van der Waals surface area contributed by atoms with Gasteiger partial charge in [-0.25, -0.2) is 4.98 Å². The second kappa shape index (κ2) is 5.71. The molecule has 0 fully saturated rings. The largest absolute Gasteiger partial charge is 0.345 e. The minimum absolute atomic E-state index is 0.00536. The monoisotopic (exact) mass is 283 g/mol. The number of nitrogens with one attached hydrogen (secondary N) is 2. The van der Waals surface area contributed by atoms with Gasteiger partial charge in [0, 0.05) is 16.1 Å². The highest BCUT2D eigenvalue weighted by Crippen LogP contribution is 2.20. The summed E-state index contributed by atoms with van der Waals surface area (Å²) in [6.45, 7) is 0. The predicted octanol–water partition coefficient (Wildman–Crippen LogP) is 3.32. The third-order valence-electron chi connectivity index (χ3n) is 2.87. The highest BCUT2D eigenvalue weighted by Gasteiger charge is 2.06. The van der Waals surface area contributed by atoms with Crippen LogP contribution in [0.4, 0.5) is 5.69 Å². The zero-order valence-electron chi connectivity index (χ0n) is 10.7. The molecule has 3 aromatic rings. The van der Waals surface area contributed by atoms with Crippen molar-refractivity contribution >= 4 is 22.9 Å². The molecule has 5 heteroatoms. The topological polar surface area (TPSA) is 57.8 Å². The van der Waals surface area contributed by atoms with Crippen molar-refractivity contribution in [3.8, 4) is 11.3 Å². The molecule has 0 spiro atoms. The Labute approximate surface area is 120 Å². The van der Waals surface area contributed by atoms with Gasteiger partial charge in [0.05, 0.1) is 24.6 Å². The maximum Gasteiger partial charge on any atom is 0.229 e. The van der Waals surface area contributed by atoms with E-state index in [1.165, 1.54) is 0 Å². The number of aromatic amines is 1. The molecule has 4 nitrogen and oxygen atoms in total. The van der Waals surface area contributed by atoms with E-state index in [-0.39, 0.29) is 5.91 Å².